The van der Waals surface area contributed by atoms with Crippen molar-refractivity contribution >= 4 is 40.0 Å². The van der Waals surface area contributed by atoms with Crippen molar-refractivity contribution in [3.8, 4) is 6.07 Å². The first-order valence-corrected chi connectivity index (χ1v) is 5.66. The fourth-order valence-electron chi connectivity index (χ4n) is 1.32. The number of hydrogen-bond acceptors (Lipinski definition) is 7. The predicted molar refractivity (Wildman–Crippen MR) is 70.7 cm³/mol. The first-order valence-electron chi connectivity index (χ1n) is 4.93. The molecule has 4 N–H and O–H groups in total. The second-order valence-electron chi connectivity index (χ2n) is 3.52. The maximum absolute atomic E-state index is 8.72. The maximum Gasteiger partial charge on any atom is 0.201 e. The topological polar surface area (TPSA) is 124 Å². The normalized spacial score (nSPS) is 11.2. The summed E-state index contributed by atoms with van der Waals surface area (Å²) >= 11 is 1.13. The first kappa shape index (κ1) is 11.9. The van der Waals surface area contributed by atoms with E-state index >= 15 is 0 Å². The van der Waals surface area contributed by atoms with Crippen LogP contribution in [0.1, 0.15) is 5.56 Å². The largest absolute Gasteiger partial charge is 0.382 e. The Hall–Kier alpha value is -2.53. The number of fused-ring (bicyclic) bond motifs is 1. The molecule has 0 atom stereocenters. The van der Waals surface area contributed by atoms with Crippen molar-refractivity contribution < 1.29 is 0 Å². The molecule has 0 bridgehead atoms. The Labute approximate surface area is 107 Å². The highest BCUT2D eigenvalue weighted by molar-refractivity contribution is 7.00. The van der Waals surface area contributed by atoms with E-state index in [0.29, 0.717) is 5.69 Å². The van der Waals surface area contributed by atoms with E-state index in [1.165, 1.54) is 0 Å². The number of hydrazone groups is 1. The van der Waals surface area contributed by atoms with Gasteiger partial charge in [0.1, 0.15) is 17.1 Å². The number of anilines is 1. The minimum atomic E-state index is -0.376. The minimum absolute atomic E-state index is 0.161. The third-order valence-corrected chi connectivity index (χ3v) is 2.81. The fraction of sp³-hybridized carbons (Fsp3) is 0.100. The molecule has 0 amide bonds. The predicted octanol–water partition coefficient (Wildman–Crippen LogP) is 1.23. The van der Waals surface area contributed by atoms with Crippen LogP contribution in [0.4, 0.5) is 5.69 Å². The standard InChI is InChI=1S/C10H9N7S/c1-5-2-7-8(17-18-16-7)3-6(5)14-15-9(4-11)10(12)13/h2-3,14H,1H3,(H3,12,13)/b15-9+. The van der Waals surface area contributed by atoms with E-state index < -0.39 is 0 Å². The van der Waals surface area contributed by atoms with Gasteiger partial charge < -0.3 is 5.73 Å². The van der Waals surface area contributed by atoms with E-state index in [0.717, 1.165) is 28.3 Å². The van der Waals surface area contributed by atoms with Gasteiger partial charge in [-0.2, -0.15) is 19.1 Å². The number of nitriles is 1. The summed E-state index contributed by atoms with van der Waals surface area (Å²) < 4.78 is 8.23. The van der Waals surface area contributed by atoms with Crippen LogP contribution < -0.4 is 11.2 Å². The second-order valence-corrected chi connectivity index (χ2v) is 4.05. The number of nitrogens with zero attached hydrogens (tertiary/aromatic N) is 4. The quantitative estimate of drug-likeness (QED) is 0.434. The molecule has 90 valence electrons. The molecule has 0 saturated carbocycles. The van der Waals surface area contributed by atoms with Crippen molar-refractivity contribution in [2.24, 2.45) is 10.8 Å². The number of nitrogens with one attached hydrogen (secondary N) is 2. The number of benzene rings is 1. The Balaban J connectivity index is 2.34. The van der Waals surface area contributed by atoms with Gasteiger partial charge in [0.25, 0.3) is 0 Å². The van der Waals surface area contributed by atoms with Crippen molar-refractivity contribution in [2.75, 3.05) is 5.43 Å². The summed E-state index contributed by atoms with van der Waals surface area (Å²) in [5.74, 6) is -0.376. The summed E-state index contributed by atoms with van der Waals surface area (Å²) in [6.07, 6.45) is 0. The molecule has 8 heteroatoms. The third-order valence-electron chi connectivity index (χ3n) is 2.25. The zero-order valence-electron chi connectivity index (χ0n) is 9.43. The van der Waals surface area contributed by atoms with Crippen LogP contribution in [0.15, 0.2) is 17.2 Å². The van der Waals surface area contributed by atoms with Crippen LogP contribution in [0, 0.1) is 23.7 Å². The molecule has 0 unspecified atom stereocenters. The number of nitrogens with two attached hydrogens (primary N) is 1. The van der Waals surface area contributed by atoms with Crippen molar-refractivity contribution in [1.82, 2.24) is 8.75 Å². The zero-order chi connectivity index (χ0) is 13.1. The van der Waals surface area contributed by atoms with Crippen LogP contribution in [0.25, 0.3) is 11.0 Å². The molecule has 2 rings (SSSR count). The van der Waals surface area contributed by atoms with Crippen molar-refractivity contribution in [3.63, 3.8) is 0 Å². The van der Waals surface area contributed by atoms with Crippen LogP contribution in [0.2, 0.25) is 0 Å². The van der Waals surface area contributed by atoms with E-state index in [9.17, 15) is 0 Å². The molecule has 0 aliphatic carbocycles. The molecule has 0 aliphatic rings. The molecule has 0 aliphatic heterocycles. The van der Waals surface area contributed by atoms with E-state index in [1.807, 2.05) is 13.0 Å². The van der Waals surface area contributed by atoms with Crippen LogP contribution in [0.3, 0.4) is 0 Å². The summed E-state index contributed by atoms with van der Waals surface area (Å²) in [5.41, 5.74) is 10.9. The summed E-state index contributed by atoms with van der Waals surface area (Å²) in [6, 6.07) is 5.39. The van der Waals surface area contributed by atoms with E-state index in [4.69, 9.17) is 16.4 Å². The van der Waals surface area contributed by atoms with Gasteiger partial charge in [-0.05, 0) is 24.6 Å². The highest BCUT2D eigenvalue weighted by atomic mass is 32.1. The van der Waals surface area contributed by atoms with Gasteiger partial charge in [0.15, 0.2) is 5.84 Å². The number of hydrogen-bond donors (Lipinski definition) is 3. The Morgan fingerprint density at radius 3 is 2.78 bits per heavy atom. The van der Waals surface area contributed by atoms with Gasteiger partial charge in [-0.15, -0.1) is 0 Å². The first-order chi connectivity index (χ1) is 8.61. The molecule has 0 radical (unpaired) electrons. The van der Waals surface area contributed by atoms with Gasteiger partial charge in [-0.3, -0.25) is 10.8 Å². The summed E-state index contributed by atoms with van der Waals surface area (Å²) in [4.78, 5) is 0. The Morgan fingerprint density at radius 1 is 1.50 bits per heavy atom. The zero-order valence-corrected chi connectivity index (χ0v) is 10.2. The monoisotopic (exact) mass is 259 g/mol. The van der Waals surface area contributed by atoms with Crippen molar-refractivity contribution in [1.29, 1.82) is 10.7 Å². The molecule has 0 saturated heterocycles. The minimum Gasteiger partial charge on any atom is -0.382 e. The molecule has 0 spiro atoms. The highest BCUT2D eigenvalue weighted by Gasteiger charge is 2.05. The Bertz CT molecular complexity index is 679. The van der Waals surface area contributed by atoms with Gasteiger partial charge in [0, 0.05) is 0 Å². The fourth-order valence-corrected chi connectivity index (χ4v) is 1.83. The van der Waals surface area contributed by atoms with Crippen LogP contribution >= 0.6 is 11.7 Å². The molecule has 1 aromatic heterocycles. The average molecular weight is 259 g/mol. The summed E-state index contributed by atoms with van der Waals surface area (Å²) in [6.45, 7) is 1.89. The van der Waals surface area contributed by atoms with Gasteiger partial charge in [-0.1, -0.05) is 0 Å². The Kier molecular flexibility index (Phi) is 3.16. The lowest BCUT2D eigenvalue weighted by Crippen LogP contribution is -2.21. The molecule has 2 aromatic rings. The molecule has 1 aromatic carbocycles. The second kappa shape index (κ2) is 4.77. The lowest BCUT2D eigenvalue weighted by molar-refractivity contribution is 1.30. The van der Waals surface area contributed by atoms with E-state index in [1.54, 1.807) is 12.1 Å². The van der Waals surface area contributed by atoms with Gasteiger partial charge in [-0.25, -0.2) is 0 Å². The average Bonchev–Trinajstić information content (AvgIpc) is 2.76. The van der Waals surface area contributed by atoms with Gasteiger partial charge >= 0.3 is 0 Å². The number of rotatable bonds is 3. The molecule has 0 fully saturated rings. The lowest BCUT2D eigenvalue weighted by Gasteiger charge is -2.04. The SMILES string of the molecule is Cc1cc2nsnc2cc1N/N=C(\C#N)C(=N)N. The van der Waals surface area contributed by atoms with E-state index in [2.05, 4.69) is 19.3 Å². The van der Waals surface area contributed by atoms with E-state index in [-0.39, 0.29) is 11.5 Å². The lowest BCUT2D eigenvalue weighted by atomic mass is 10.2. The number of aryl methyl sites for hydroxylation is 1. The van der Waals surface area contributed by atoms with Crippen LogP contribution in [-0.2, 0) is 0 Å². The number of aromatic nitrogens is 2. The molecular weight excluding hydrogens is 250 g/mol. The third kappa shape index (κ3) is 2.26. The Morgan fingerprint density at radius 2 is 2.17 bits per heavy atom. The molecule has 18 heavy (non-hydrogen) atoms. The van der Waals surface area contributed by atoms with Gasteiger partial charge in [0.05, 0.1) is 17.4 Å². The summed E-state index contributed by atoms with van der Waals surface area (Å²) in [5, 5.41) is 19.6. The van der Waals surface area contributed by atoms with Crippen molar-refractivity contribution in [2.45, 2.75) is 6.92 Å². The highest BCUT2D eigenvalue weighted by Crippen LogP contribution is 2.22. The van der Waals surface area contributed by atoms with Crippen LogP contribution in [-0.4, -0.2) is 20.3 Å². The molecule has 1 heterocycles. The molecular formula is C10H9N7S. The van der Waals surface area contributed by atoms with Crippen LogP contribution in [0.5, 0.6) is 0 Å². The van der Waals surface area contributed by atoms with Crippen molar-refractivity contribution in [3.05, 3.63) is 17.7 Å². The summed E-state index contributed by atoms with van der Waals surface area (Å²) in [7, 11) is 0. The number of amidine groups is 1. The molecule has 7 nitrogen and oxygen atoms in total. The van der Waals surface area contributed by atoms with Gasteiger partial charge in [0.2, 0.25) is 5.71 Å². The smallest absolute Gasteiger partial charge is 0.201 e. The maximum atomic E-state index is 8.72.